The molecule has 0 saturated heterocycles. The Morgan fingerprint density at radius 2 is 1.90 bits per heavy atom. The normalized spacial score (nSPS) is 15.5. The van der Waals surface area contributed by atoms with Gasteiger partial charge in [0.25, 0.3) is 0 Å². The standard InChI is InChI=1S/C17H17FN2O/c18-14-6-8-15(9-7-14)20-16(17(19)21)13-3-1-2-12(10-13)11-4-5-11/h1-3,6-11,16,20H,4-5H2,(H2,19,21). The molecule has 108 valence electrons. The maximum Gasteiger partial charge on any atom is 0.244 e. The summed E-state index contributed by atoms with van der Waals surface area (Å²) in [7, 11) is 0. The van der Waals surface area contributed by atoms with E-state index in [1.165, 1.54) is 30.5 Å². The summed E-state index contributed by atoms with van der Waals surface area (Å²) >= 11 is 0. The molecular formula is C17H17FN2O. The molecule has 0 spiro atoms. The van der Waals surface area contributed by atoms with Gasteiger partial charge in [0, 0.05) is 5.69 Å². The zero-order valence-corrected chi connectivity index (χ0v) is 11.6. The van der Waals surface area contributed by atoms with Crippen LogP contribution in [0.15, 0.2) is 48.5 Å². The van der Waals surface area contributed by atoms with Crippen LogP contribution in [0.25, 0.3) is 0 Å². The molecule has 0 aromatic heterocycles. The Morgan fingerprint density at radius 3 is 2.52 bits per heavy atom. The van der Waals surface area contributed by atoms with Crippen molar-refractivity contribution in [1.29, 1.82) is 0 Å². The lowest BCUT2D eigenvalue weighted by atomic mass is 10.0. The van der Waals surface area contributed by atoms with Crippen LogP contribution in [-0.2, 0) is 4.79 Å². The van der Waals surface area contributed by atoms with E-state index in [2.05, 4.69) is 11.4 Å². The predicted octanol–water partition coefficient (Wildman–Crippen LogP) is 3.34. The van der Waals surface area contributed by atoms with Gasteiger partial charge in [-0.2, -0.15) is 0 Å². The third kappa shape index (κ3) is 3.21. The summed E-state index contributed by atoms with van der Waals surface area (Å²) in [6.07, 6.45) is 2.41. The van der Waals surface area contributed by atoms with Gasteiger partial charge in [0.05, 0.1) is 0 Å². The Labute approximate surface area is 123 Å². The van der Waals surface area contributed by atoms with Gasteiger partial charge in [0.1, 0.15) is 11.9 Å². The Bertz CT molecular complexity index is 650. The van der Waals surface area contributed by atoms with E-state index in [0.29, 0.717) is 11.6 Å². The van der Waals surface area contributed by atoms with Gasteiger partial charge in [0.2, 0.25) is 5.91 Å². The first-order valence-corrected chi connectivity index (χ1v) is 7.05. The number of amides is 1. The van der Waals surface area contributed by atoms with Gasteiger partial charge in [-0.1, -0.05) is 24.3 Å². The maximum atomic E-state index is 12.9. The smallest absolute Gasteiger partial charge is 0.244 e. The number of halogens is 1. The highest BCUT2D eigenvalue weighted by molar-refractivity contribution is 5.84. The number of carbonyl (C=O) groups excluding carboxylic acids is 1. The fourth-order valence-corrected chi connectivity index (χ4v) is 2.44. The fraction of sp³-hybridized carbons (Fsp3) is 0.235. The van der Waals surface area contributed by atoms with Crippen molar-refractivity contribution >= 4 is 11.6 Å². The van der Waals surface area contributed by atoms with Crippen molar-refractivity contribution in [2.45, 2.75) is 24.8 Å². The van der Waals surface area contributed by atoms with E-state index in [9.17, 15) is 9.18 Å². The topological polar surface area (TPSA) is 55.1 Å². The second kappa shape index (κ2) is 5.56. The minimum Gasteiger partial charge on any atom is -0.370 e. The summed E-state index contributed by atoms with van der Waals surface area (Å²) in [5.74, 6) is -0.150. The van der Waals surface area contributed by atoms with Crippen molar-refractivity contribution in [2.24, 2.45) is 5.73 Å². The molecule has 21 heavy (non-hydrogen) atoms. The number of anilines is 1. The number of benzene rings is 2. The number of hydrogen-bond acceptors (Lipinski definition) is 2. The molecule has 0 heterocycles. The highest BCUT2D eigenvalue weighted by atomic mass is 19.1. The number of carbonyl (C=O) groups is 1. The van der Waals surface area contributed by atoms with Gasteiger partial charge in [-0.3, -0.25) is 4.79 Å². The van der Waals surface area contributed by atoms with Gasteiger partial charge < -0.3 is 11.1 Å². The molecule has 1 unspecified atom stereocenters. The summed E-state index contributed by atoms with van der Waals surface area (Å²) in [6.45, 7) is 0. The number of hydrogen-bond donors (Lipinski definition) is 2. The molecular weight excluding hydrogens is 267 g/mol. The van der Waals surface area contributed by atoms with Crippen molar-refractivity contribution in [2.75, 3.05) is 5.32 Å². The molecule has 0 aliphatic heterocycles. The van der Waals surface area contributed by atoms with Crippen molar-refractivity contribution < 1.29 is 9.18 Å². The maximum absolute atomic E-state index is 12.9. The predicted molar refractivity (Wildman–Crippen MR) is 80.4 cm³/mol. The van der Waals surface area contributed by atoms with Crippen LogP contribution in [0.3, 0.4) is 0 Å². The zero-order chi connectivity index (χ0) is 14.8. The molecule has 0 bridgehead atoms. The molecule has 1 atom stereocenters. The number of rotatable bonds is 5. The molecule has 1 aliphatic carbocycles. The lowest BCUT2D eigenvalue weighted by Crippen LogP contribution is -2.27. The Kier molecular flexibility index (Phi) is 3.60. The number of nitrogens with two attached hydrogens (primary N) is 1. The van der Waals surface area contributed by atoms with Gasteiger partial charge in [0.15, 0.2) is 0 Å². The van der Waals surface area contributed by atoms with Crippen molar-refractivity contribution in [3.05, 3.63) is 65.5 Å². The summed E-state index contributed by atoms with van der Waals surface area (Å²) in [5, 5.41) is 3.07. The summed E-state index contributed by atoms with van der Waals surface area (Å²) in [6, 6.07) is 13.2. The quantitative estimate of drug-likeness (QED) is 0.884. The van der Waals surface area contributed by atoms with Gasteiger partial charge in [-0.05, 0) is 54.2 Å². The zero-order valence-electron chi connectivity index (χ0n) is 11.6. The van der Waals surface area contributed by atoms with Crippen molar-refractivity contribution in [3.8, 4) is 0 Å². The second-order valence-corrected chi connectivity index (χ2v) is 5.43. The van der Waals surface area contributed by atoms with E-state index in [4.69, 9.17) is 5.73 Å². The lowest BCUT2D eigenvalue weighted by molar-refractivity contribution is -0.118. The number of nitrogens with one attached hydrogen (secondary N) is 1. The fourth-order valence-electron chi connectivity index (χ4n) is 2.44. The van der Waals surface area contributed by atoms with E-state index >= 15 is 0 Å². The number of primary amides is 1. The minimum absolute atomic E-state index is 0.313. The second-order valence-electron chi connectivity index (χ2n) is 5.43. The van der Waals surface area contributed by atoms with Gasteiger partial charge >= 0.3 is 0 Å². The van der Waals surface area contributed by atoms with E-state index in [-0.39, 0.29) is 5.82 Å². The van der Waals surface area contributed by atoms with Crippen LogP contribution in [0, 0.1) is 5.82 Å². The average molecular weight is 284 g/mol. The van der Waals surface area contributed by atoms with Crippen LogP contribution in [-0.4, -0.2) is 5.91 Å². The van der Waals surface area contributed by atoms with Crippen molar-refractivity contribution in [1.82, 2.24) is 0 Å². The first kappa shape index (κ1) is 13.6. The highest BCUT2D eigenvalue weighted by Gasteiger charge is 2.25. The van der Waals surface area contributed by atoms with Crippen LogP contribution in [0.4, 0.5) is 10.1 Å². The first-order valence-electron chi connectivity index (χ1n) is 7.05. The Balaban J connectivity index is 1.85. The largest absolute Gasteiger partial charge is 0.370 e. The third-order valence-electron chi connectivity index (χ3n) is 3.73. The third-order valence-corrected chi connectivity index (χ3v) is 3.73. The highest BCUT2D eigenvalue weighted by Crippen LogP contribution is 2.40. The van der Waals surface area contributed by atoms with Crippen LogP contribution in [0.2, 0.25) is 0 Å². The summed E-state index contributed by atoms with van der Waals surface area (Å²) in [4.78, 5) is 11.8. The Morgan fingerprint density at radius 1 is 1.19 bits per heavy atom. The van der Waals surface area contributed by atoms with Gasteiger partial charge in [-0.25, -0.2) is 4.39 Å². The molecule has 1 fully saturated rings. The van der Waals surface area contributed by atoms with Crippen molar-refractivity contribution in [3.63, 3.8) is 0 Å². The SMILES string of the molecule is NC(=O)C(Nc1ccc(F)cc1)c1cccc(C2CC2)c1. The lowest BCUT2D eigenvalue weighted by Gasteiger charge is -2.18. The molecule has 0 radical (unpaired) electrons. The van der Waals surface area contributed by atoms with Gasteiger partial charge in [-0.15, -0.1) is 0 Å². The van der Waals surface area contributed by atoms with Crippen LogP contribution < -0.4 is 11.1 Å². The molecule has 2 aromatic rings. The molecule has 3 N–H and O–H groups in total. The summed E-state index contributed by atoms with van der Waals surface area (Å²) in [5.41, 5.74) is 8.27. The molecule has 3 nitrogen and oxygen atoms in total. The van der Waals surface area contributed by atoms with E-state index < -0.39 is 11.9 Å². The molecule has 1 aliphatic rings. The molecule has 1 amide bonds. The molecule has 1 saturated carbocycles. The van der Waals surface area contributed by atoms with E-state index in [0.717, 1.165) is 5.56 Å². The monoisotopic (exact) mass is 284 g/mol. The van der Waals surface area contributed by atoms with Crippen LogP contribution in [0.5, 0.6) is 0 Å². The Hall–Kier alpha value is -2.36. The molecule has 3 rings (SSSR count). The van der Waals surface area contributed by atoms with E-state index in [1.807, 2.05) is 18.2 Å². The van der Waals surface area contributed by atoms with Crippen LogP contribution in [0.1, 0.15) is 35.9 Å². The molecule has 4 heteroatoms. The molecule has 2 aromatic carbocycles. The van der Waals surface area contributed by atoms with Crippen LogP contribution >= 0.6 is 0 Å². The minimum atomic E-state index is -0.617. The first-order chi connectivity index (χ1) is 10.1. The summed E-state index contributed by atoms with van der Waals surface area (Å²) < 4.78 is 12.9. The average Bonchev–Trinajstić information content (AvgIpc) is 3.31. The van der Waals surface area contributed by atoms with E-state index in [1.54, 1.807) is 12.1 Å².